The van der Waals surface area contributed by atoms with Crippen LogP contribution in [0, 0.1) is 0 Å². The van der Waals surface area contributed by atoms with Gasteiger partial charge in [-0.2, -0.15) is 14.9 Å². The second kappa shape index (κ2) is 6.02. The van der Waals surface area contributed by atoms with E-state index in [1.807, 2.05) is 0 Å². The Morgan fingerprint density at radius 3 is 2.59 bits per heavy atom. The summed E-state index contributed by atoms with van der Waals surface area (Å²) in [7, 11) is 1.62. The Bertz CT molecular complexity index is 755. The number of carbonyl (C=O) groups is 1. The van der Waals surface area contributed by atoms with Crippen molar-refractivity contribution in [1.29, 1.82) is 0 Å². The quantitative estimate of drug-likeness (QED) is 0.752. The summed E-state index contributed by atoms with van der Waals surface area (Å²) < 4.78 is 27.1. The predicted molar refractivity (Wildman–Crippen MR) is 70.8 cm³/mol. The molecule has 22 heavy (non-hydrogen) atoms. The number of aliphatic hydroxyl groups is 1. The Morgan fingerprint density at radius 2 is 2.09 bits per heavy atom. The van der Waals surface area contributed by atoms with Crippen LogP contribution in [-0.4, -0.2) is 43.1 Å². The molecule has 3 N–H and O–H groups in total. The fourth-order valence-electron chi connectivity index (χ4n) is 1.92. The van der Waals surface area contributed by atoms with E-state index >= 15 is 0 Å². The summed E-state index contributed by atoms with van der Waals surface area (Å²) in [5, 5.41) is 16.9. The summed E-state index contributed by atoms with van der Waals surface area (Å²) in [4.78, 5) is 23.8. The lowest BCUT2D eigenvalue weighted by Crippen LogP contribution is -2.33. The summed E-state index contributed by atoms with van der Waals surface area (Å²) in [6.07, 6.45) is -1.76. The van der Waals surface area contributed by atoms with Crippen LogP contribution in [-0.2, 0) is 13.5 Å². The molecule has 0 radical (unpaired) electrons. The predicted octanol–water partition coefficient (Wildman–Crippen LogP) is -0.767. The number of nitrogens with two attached hydrogens (primary N) is 1. The van der Waals surface area contributed by atoms with Crippen LogP contribution in [0.15, 0.2) is 23.4 Å². The first-order chi connectivity index (χ1) is 10.3. The molecule has 1 atom stereocenters. The summed E-state index contributed by atoms with van der Waals surface area (Å²) in [6, 6.07) is 0. The van der Waals surface area contributed by atoms with Crippen LogP contribution >= 0.6 is 0 Å². The number of aryl methyl sites for hydroxylation is 1. The van der Waals surface area contributed by atoms with Gasteiger partial charge in [0.25, 0.3) is 17.9 Å². The fourth-order valence-corrected chi connectivity index (χ4v) is 1.92. The van der Waals surface area contributed by atoms with E-state index in [9.17, 15) is 23.5 Å². The maximum absolute atomic E-state index is 12.4. The maximum atomic E-state index is 12.4. The van der Waals surface area contributed by atoms with Gasteiger partial charge in [0.05, 0.1) is 18.6 Å². The smallest absolute Gasteiger partial charge is 0.284 e. The molecule has 1 unspecified atom stereocenters. The number of alkyl halides is 2. The summed E-state index contributed by atoms with van der Waals surface area (Å²) in [5.41, 5.74) is 3.95. The van der Waals surface area contributed by atoms with Gasteiger partial charge < -0.3 is 10.8 Å². The van der Waals surface area contributed by atoms with Gasteiger partial charge in [-0.1, -0.05) is 0 Å². The zero-order chi connectivity index (χ0) is 16.4. The third kappa shape index (κ3) is 3.01. The van der Waals surface area contributed by atoms with E-state index in [0.717, 1.165) is 10.9 Å². The number of primary amides is 1. The molecule has 2 heterocycles. The van der Waals surface area contributed by atoms with Gasteiger partial charge in [-0.15, -0.1) is 0 Å². The highest BCUT2D eigenvalue weighted by Gasteiger charge is 2.23. The number of rotatable bonds is 5. The molecule has 0 fully saturated rings. The van der Waals surface area contributed by atoms with Gasteiger partial charge in [-0.25, -0.2) is 8.78 Å². The van der Waals surface area contributed by atoms with Gasteiger partial charge in [0, 0.05) is 13.5 Å². The summed E-state index contributed by atoms with van der Waals surface area (Å²) in [6.45, 7) is 0. The van der Waals surface area contributed by atoms with E-state index in [1.165, 1.54) is 17.1 Å². The lowest BCUT2D eigenvalue weighted by Gasteiger charge is -2.12. The minimum Gasteiger partial charge on any atom is -0.387 e. The molecule has 8 nitrogen and oxygen atoms in total. The van der Waals surface area contributed by atoms with Crippen LogP contribution in [0.2, 0.25) is 0 Å². The Labute approximate surface area is 122 Å². The minimum atomic E-state index is -3.01. The molecule has 1 amide bonds. The van der Waals surface area contributed by atoms with Gasteiger partial charge in [0.1, 0.15) is 17.4 Å². The molecular weight excluding hydrogens is 300 g/mol. The molecule has 2 aromatic rings. The first kappa shape index (κ1) is 15.8. The molecule has 2 aromatic heterocycles. The topological polar surface area (TPSA) is 116 Å². The standard InChI is InChI=1S/C12H13F2N5O3/c1-18-5-7(4-16-18)19-12(22)9(11(15)21)6(3-17-19)2-8(20)10(13)14/h3-5,8,10,20H,2H2,1H3,(H2,15,21). The van der Waals surface area contributed by atoms with Crippen molar-refractivity contribution in [2.24, 2.45) is 12.8 Å². The Morgan fingerprint density at radius 1 is 1.41 bits per heavy atom. The van der Waals surface area contributed by atoms with Crippen molar-refractivity contribution in [3.63, 3.8) is 0 Å². The lowest BCUT2D eigenvalue weighted by molar-refractivity contribution is -0.00382. The molecule has 0 saturated carbocycles. The molecule has 0 aliphatic rings. The van der Waals surface area contributed by atoms with E-state index in [2.05, 4.69) is 10.2 Å². The molecule has 0 saturated heterocycles. The number of amides is 1. The number of hydrogen-bond donors (Lipinski definition) is 2. The Kier molecular flexibility index (Phi) is 4.31. The molecule has 0 aliphatic carbocycles. The highest BCUT2D eigenvalue weighted by Crippen LogP contribution is 2.12. The van der Waals surface area contributed by atoms with Gasteiger partial charge in [0.15, 0.2) is 0 Å². The normalized spacial score (nSPS) is 12.6. The zero-order valence-corrected chi connectivity index (χ0v) is 11.5. The van der Waals surface area contributed by atoms with Crippen LogP contribution in [0.1, 0.15) is 15.9 Å². The van der Waals surface area contributed by atoms with Crippen LogP contribution in [0.25, 0.3) is 5.69 Å². The third-order valence-corrected chi connectivity index (χ3v) is 2.96. The minimum absolute atomic E-state index is 0.134. The first-order valence-corrected chi connectivity index (χ1v) is 6.17. The van der Waals surface area contributed by atoms with Crippen LogP contribution in [0.3, 0.4) is 0 Å². The summed E-state index contributed by atoms with van der Waals surface area (Å²) in [5.74, 6) is -1.08. The molecule has 0 bridgehead atoms. The average molecular weight is 313 g/mol. The van der Waals surface area contributed by atoms with Crippen molar-refractivity contribution in [2.75, 3.05) is 0 Å². The summed E-state index contributed by atoms with van der Waals surface area (Å²) >= 11 is 0. The monoisotopic (exact) mass is 313 g/mol. The van der Waals surface area contributed by atoms with Crippen LogP contribution in [0.4, 0.5) is 8.78 Å². The van der Waals surface area contributed by atoms with Gasteiger partial charge in [0.2, 0.25) is 0 Å². The number of aromatic nitrogens is 4. The molecule has 2 rings (SSSR count). The van der Waals surface area contributed by atoms with Crippen molar-refractivity contribution >= 4 is 5.91 Å². The second-order valence-corrected chi connectivity index (χ2v) is 4.60. The van der Waals surface area contributed by atoms with Gasteiger partial charge in [-0.3, -0.25) is 14.3 Å². The molecule has 118 valence electrons. The molecule has 10 heteroatoms. The highest BCUT2D eigenvalue weighted by molar-refractivity contribution is 5.93. The molecule has 0 aromatic carbocycles. The number of halogens is 2. The van der Waals surface area contributed by atoms with Gasteiger partial charge in [-0.05, 0) is 5.56 Å². The first-order valence-electron chi connectivity index (χ1n) is 6.17. The van der Waals surface area contributed by atoms with E-state index in [0.29, 0.717) is 0 Å². The van der Waals surface area contributed by atoms with Crippen molar-refractivity contribution in [1.82, 2.24) is 19.6 Å². The second-order valence-electron chi connectivity index (χ2n) is 4.60. The Balaban J connectivity index is 2.53. The van der Waals surface area contributed by atoms with E-state index in [-0.39, 0.29) is 11.3 Å². The van der Waals surface area contributed by atoms with Gasteiger partial charge >= 0.3 is 0 Å². The van der Waals surface area contributed by atoms with Crippen LogP contribution in [0.5, 0.6) is 0 Å². The molecular formula is C12H13F2N5O3. The van der Waals surface area contributed by atoms with E-state index in [4.69, 9.17) is 5.73 Å². The maximum Gasteiger partial charge on any atom is 0.284 e. The number of hydrogen-bond acceptors (Lipinski definition) is 5. The molecule has 0 spiro atoms. The van der Waals surface area contributed by atoms with Crippen molar-refractivity contribution in [3.05, 3.63) is 40.1 Å². The van der Waals surface area contributed by atoms with E-state index in [1.54, 1.807) is 7.05 Å². The third-order valence-electron chi connectivity index (χ3n) is 2.96. The van der Waals surface area contributed by atoms with E-state index < -0.39 is 36.0 Å². The van der Waals surface area contributed by atoms with Crippen LogP contribution < -0.4 is 11.3 Å². The average Bonchev–Trinajstić information content (AvgIpc) is 2.84. The van der Waals surface area contributed by atoms with Crippen molar-refractivity contribution < 1.29 is 18.7 Å². The zero-order valence-electron chi connectivity index (χ0n) is 11.5. The number of aliphatic hydroxyl groups excluding tert-OH is 1. The Hall–Kier alpha value is -2.62. The lowest BCUT2D eigenvalue weighted by atomic mass is 10.0. The largest absolute Gasteiger partial charge is 0.387 e. The number of carbonyl (C=O) groups excluding carboxylic acids is 1. The molecule has 0 aliphatic heterocycles. The fraction of sp³-hybridized carbons (Fsp3) is 0.333. The van der Waals surface area contributed by atoms with Crippen molar-refractivity contribution in [3.8, 4) is 5.69 Å². The number of nitrogens with zero attached hydrogens (tertiary/aromatic N) is 4. The van der Waals surface area contributed by atoms with Crippen molar-refractivity contribution in [2.45, 2.75) is 19.0 Å². The highest BCUT2D eigenvalue weighted by atomic mass is 19.3. The SMILES string of the molecule is Cn1cc(-n2ncc(CC(O)C(F)F)c(C(N)=O)c2=O)cn1.